The third-order valence-corrected chi connectivity index (χ3v) is 5.07. The van der Waals surface area contributed by atoms with Crippen molar-refractivity contribution < 1.29 is 9.53 Å². The molecule has 1 aromatic rings. The van der Waals surface area contributed by atoms with Crippen LogP contribution < -0.4 is 10.1 Å². The van der Waals surface area contributed by atoms with Crippen LogP contribution in [0.25, 0.3) is 0 Å². The Labute approximate surface area is 167 Å². The molecule has 0 saturated carbocycles. The van der Waals surface area contributed by atoms with Crippen LogP contribution in [0.4, 0.5) is 0 Å². The summed E-state index contributed by atoms with van der Waals surface area (Å²) < 4.78 is 6.12. The highest BCUT2D eigenvalue weighted by Crippen LogP contribution is 2.19. The number of benzene rings is 1. The van der Waals surface area contributed by atoms with Gasteiger partial charge in [-0.1, -0.05) is 72.1 Å². The van der Waals surface area contributed by atoms with E-state index in [2.05, 4.69) is 26.1 Å². The summed E-state index contributed by atoms with van der Waals surface area (Å²) in [6.07, 6.45) is 15.3. The van der Waals surface area contributed by atoms with Gasteiger partial charge in [0.2, 0.25) is 0 Å². The molecule has 3 heteroatoms. The van der Waals surface area contributed by atoms with Gasteiger partial charge in [-0.3, -0.25) is 4.79 Å². The quantitative estimate of drug-likeness (QED) is 0.319. The molecule has 0 spiro atoms. The van der Waals surface area contributed by atoms with Gasteiger partial charge in [-0.2, -0.15) is 0 Å². The number of amides is 1. The maximum absolute atomic E-state index is 12.0. The number of carbonyl (C=O) groups is 1. The van der Waals surface area contributed by atoms with Crippen LogP contribution in [0.15, 0.2) is 24.3 Å². The van der Waals surface area contributed by atoms with Gasteiger partial charge in [0.1, 0.15) is 5.75 Å². The van der Waals surface area contributed by atoms with E-state index in [1.54, 1.807) is 0 Å². The number of nitrogens with one attached hydrogen (secondary N) is 1. The molecule has 0 aromatic heterocycles. The Morgan fingerprint density at radius 3 is 2.04 bits per heavy atom. The van der Waals surface area contributed by atoms with E-state index in [0.717, 1.165) is 38.0 Å². The van der Waals surface area contributed by atoms with Crippen LogP contribution in [-0.4, -0.2) is 18.6 Å². The molecule has 1 N–H and O–H groups in total. The third-order valence-electron chi connectivity index (χ3n) is 5.07. The van der Waals surface area contributed by atoms with Crippen molar-refractivity contribution in [3.05, 3.63) is 29.8 Å². The molecule has 1 amide bonds. The lowest BCUT2D eigenvalue weighted by atomic mass is 10.0. The van der Waals surface area contributed by atoms with E-state index in [-0.39, 0.29) is 12.0 Å². The van der Waals surface area contributed by atoms with Gasteiger partial charge in [-0.05, 0) is 49.9 Å². The molecule has 0 aliphatic rings. The van der Waals surface area contributed by atoms with Gasteiger partial charge in [0.15, 0.2) is 0 Å². The summed E-state index contributed by atoms with van der Waals surface area (Å²) in [6.45, 7) is 7.31. The Hall–Kier alpha value is -1.51. The first kappa shape index (κ1) is 23.5. The van der Waals surface area contributed by atoms with E-state index in [1.807, 2.05) is 24.3 Å². The first-order chi connectivity index (χ1) is 13.2. The highest BCUT2D eigenvalue weighted by molar-refractivity contribution is 5.94. The van der Waals surface area contributed by atoms with Crippen LogP contribution in [0.5, 0.6) is 5.75 Å². The van der Waals surface area contributed by atoms with Crippen LogP contribution >= 0.6 is 0 Å². The van der Waals surface area contributed by atoms with Crippen molar-refractivity contribution in [3.63, 3.8) is 0 Å². The molecule has 0 radical (unpaired) electrons. The van der Waals surface area contributed by atoms with Crippen LogP contribution in [0.3, 0.4) is 0 Å². The Balaban J connectivity index is 2.26. The van der Waals surface area contributed by atoms with Crippen LogP contribution in [0, 0.1) is 0 Å². The van der Waals surface area contributed by atoms with Crippen molar-refractivity contribution in [1.29, 1.82) is 0 Å². The minimum atomic E-state index is 0.000906. The molecule has 0 fully saturated rings. The Morgan fingerprint density at radius 2 is 1.44 bits per heavy atom. The first-order valence-corrected chi connectivity index (χ1v) is 11.3. The molecule has 1 unspecified atom stereocenters. The number of unbranched alkanes of at least 4 members (excludes halogenated alkanes) is 8. The van der Waals surface area contributed by atoms with Crippen molar-refractivity contribution in [1.82, 2.24) is 5.32 Å². The van der Waals surface area contributed by atoms with Crippen molar-refractivity contribution in [3.8, 4) is 5.75 Å². The average molecular weight is 376 g/mol. The first-order valence-electron chi connectivity index (χ1n) is 11.3. The van der Waals surface area contributed by atoms with Crippen LogP contribution in [0.1, 0.15) is 108 Å². The highest BCUT2D eigenvalue weighted by atomic mass is 16.5. The highest BCUT2D eigenvalue weighted by Gasteiger charge is 2.09. The lowest BCUT2D eigenvalue weighted by molar-refractivity contribution is 0.0953. The molecular formula is C24H41NO2. The smallest absolute Gasteiger partial charge is 0.251 e. The fraction of sp³-hybridized carbons (Fsp3) is 0.708. The van der Waals surface area contributed by atoms with E-state index in [0.29, 0.717) is 5.56 Å². The fourth-order valence-corrected chi connectivity index (χ4v) is 3.21. The summed E-state index contributed by atoms with van der Waals surface area (Å²) in [7, 11) is 0. The van der Waals surface area contributed by atoms with Crippen LogP contribution in [0.2, 0.25) is 0 Å². The standard InChI is InChI=1S/C24H41NO2/c1-4-7-9-10-11-12-13-14-15-22(6-3)27-23-18-16-21(17-19-23)24(26)25-20-8-5-2/h16-19,22H,4-15,20H2,1-3H3,(H,25,26). The largest absolute Gasteiger partial charge is 0.490 e. The van der Waals surface area contributed by atoms with E-state index in [9.17, 15) is 4.79 Å². The SMILES string of the molecule is CCCCCCCCCCC(CC)Oc1ccc(C(=O)NCCCC)cc1. The van der Waals surface area contributed by atoms with Gasteiger partial charge in [-0.25, -0.2) is 0 Å². The fourth-order valence-electron chi connectivity index (χ4n) is 3.21. The topological polar surface area (TPSA) is 38.3 Å². The second-order valence-electron chi connectivity index (χ2n) is 7.55. The average Bonchev–Trinajstić information content (AvgIpc) is 2.69. The number of hydrogen-bond donors (Lipinski definition) is 1. The van der Waals surface area contributed by atoms with Crippen molar-refractivity contribution >= 4 is 5.91 Å². The second-order valence-corrected chi connectivity index (χ2v) is 7.55. The molecule has 1 atom stereocenters. The third kappa shape index (κ3) is 11.0. The lowest BCUT2D eigenvalue weighted by Gasteiger charge is -2.18. The van der Waals surface area contributed by atoms with Gasteiger partial charge in [0, 0.05) is 12.1 Å². The van der Waals surface area contributed by atoms with Gasteiger partial charge in [0.05, 0.1) is 6.10 Å². The van der Waals surface area contributed by atoms with Gasteiger partial charge < -0.3 is 10.1 Å². The molecule has 1 rings (SSSR count). The van der Waals surface area contributed by atoms with E-state index >= 15 is 0 Å². The van der Waals surface area contributed by atoms with E-state index in [4.69, 9.17) is 4.74 Å². The molecular weight excluding hydrogens is 334 g/mol. The number of carbonyl (C=O) groups excluding carboxylic acids is 1. The molecule has 0 saturated heterocycles. The van der Waals surface area contributed by atoms with E-state index < -0.39 is 0 Å². The summed E-state index contributed by atoms with van der Waals surface area (Å²) in [5.74, 6) is 0.868. The summed E-state index contributed by atoms with van der Waals surface area (Å²) in [6, 6.07) is 7.56. The van der Waals surface area contributed by atoms with Crippen molar-refractivity contribution in [2.75, 3.05) is 6.54 Å². The zero-order chi connectivity index (χ0) is 19.7. The lowest BCUT2D eigenvalue weighted by Crippen LogP contribution is -2.24. The van der Waals surface area contributed by atoms with E-state index in [1.165, 1.54) is 51.4 Å². The molecule has 0 aliphatic carbocycles. The second kappa shape index (κ2) is 15.5. The minimum absolute atomic E-state index is 0.000906. The Kier molecular flexibility index (Phi) is 13.5. The van der Waals surface area contributed by atoms with Gasteiger partial charge in [-0.15, -0.1) is 0 Å². The van der Waals surface area contributed by atoms with Crippen molar-refractivity contribution in [2.24, 2.45) is 0 Å². The Bertz CT molecular complexity index is 484. The molecule has 3 nitrogen and oxygen atoms in total. The molecule has 27 heavy (non-hydrogen) atoms. The number of ether oxygens (including phenoxy) is 1. The normalized spacial score (nSPS) is 12.0. The predicted octanol–water partition coefficient (Wildman–Crippen LogP) is 6.90. The molecule has 154 valence electrons. The van der Waals surface area contributed by atoms with Gasteiger partial charge >= 0.3 is 0 Å². The maximum Gasteiger partial charge on any atom is 0.251 e. The summed E-state index contributed by atoms with van der Waals surface area (Å²) in [5.41, 5.74) is 0.703. The monoisotopic (exact) mass is 375 g/mol. The number of rotatable bonds is 16. The molecule has 1 aromatic carbocycles. The summed E-state index contributed by atoms with van der Waals surface area (Å²) in [4.78, 5) is 12.0. The maximum atomic E-state index is 12.0. The Morgan fingerprint density at radius 1 is 0.852 bits per heavy atom. The summed E-state index contributed by atoms with van der Waals surface area (Å²) >= 11 is 0. The molecule has 0 heterocycles. The predicted molar refractivity (Wildman–Crippen MR) is 116 cm³/mol. The number of hydrogen-bond acceptors (Lipinski definition) is 2. The van der Waals surface area contributed by atoms with Crippen LogP contribution in [-0.2, 0) is 0 Å². The van der Waals surface area contributed by atoms with Gasteiger partial charge in [0.25, 0.3) is 5.91 Å². The zero-order valence-electron chi connectivity index (χ0n) is 17.9. The molecule has 0 aliphatic heterocycles. The van der Waals surface area contributed by atoms with Crippen molar-refractivity contribution in [2.45, 2.75) is 104 Å². The molecule has 0 bridgehead atoms. The summed E-state index contributed by atoms with van der Waals surface area (Å²) in [5, 5.41) is 2.95. The zero-order valence-corrected chi connectivity index (χ0v) is 17.9. The minimum Gasteiger partial charge on any atom is -0.490 e.